The minimum Gasteiger partial charge on any atom is -0.508 e. The van der Waals surface area contributed by atoms with E-state index < -0.39 is 11.5 Å². The first kappa shape index (κ1) is 54.4. The monoisotopic (exact) mass is 978 g/mol. The van der Waals surface area contributed by atoms with Crippen LogP contribution in [0, 0.1) is 0 Å². The largest absolute Gasteiger partial charge is 0.508 e. The summed E-state index contributed by atoms with van der Waals surface area (Å²) in [5.41, 5.74) is 1.86. The van der Waals surface area contributed by atoms with Gasteiger partial charge < -0.3 is 68.7 Å². The molecule has 5 N–H and O–H groups in total. The second-order valence-corrected chi connectivity index (χ2v) is 15.3. The number of nitrogens with one attached hydrogen (secondary N) is 4. The maximum atomic E-state index is 12.7. The van der Waals surface area contributed by atoms with Crippen molar-refractivity contribution >= 4 is 45.6 Å². The lowest BCUT2D eigenvalue weighted by molar-refractivity contribution is -0.123. The number of phenolic OH excluding ortho intramolecular Hbond substituents is 1. The van der Waals surface area contributed by atoms with Gasteiger partial charge in [0.2, 0.25) is 5.91 Å². The minimum absolute atomic E-state index is 0.0894. The summed E-state index contributed by atoms with van der Waals surface area (Å²) in [7, 11) is 0. The number of phenols is 1. The lowest BCUT2D eigenvalue weighted by Gasteiger charge is -2.10. The highest BCUT2D eigenvalue weighted by Crippen LogP contribution is 2.21. The summed E-state index contributed by atoms with van der Waals surface area (Å²) in [6, 6.07) is 18.0. The Bertz CT molecular complexity index is 2390. The predicted octanol–water partition coefficient (Wildman–Crippen LogP) is 2.34. The normalized spacial score (nSPS) is 11.2. The van der Waals surface area contributed by atoms with Crippen molar-refractivity contribution in [1.82, 2.24) is 31.6 Å². The topological polar surface area (TPSA) is 280 Å². The molecule has 3 aromatic carbocycles. The minimum atomic E-state index is -0.809. The molecule has 22 heteroatoms. The van der Waals surface area contributed by atoms with Gasteiger partial charge in [-0.15, -0.1) is 0 Å². The van der Waals surface area contributed by atoms with E-state index >= 15 is 0 Å². The second kappa shape index (κ2) is 32.3. The first-order valence-electron chi connectivity index (χ1n) is 23.1. The van der Waals surface area contributed by atoms with Crippen LogP contribution in [0.25, 0.3) is 22.0 Å². The fraction of sp³-hybridized carbons (Fsp3) is 0.479. The van der Waals surface area contributed by atoms with Crippen LogP contribution in [0.4, 0.5) is 0 Å². The van der Waals surface area contributed by atoms with Gasteiger partial charge in [-0.1, -0.05) is 12.1 Å². The Morgan fingerprint density at radius 1 is 0.543 bits per heavy atom. The molecule has 5 aromatic rings. The predicted molar refractivity (Wildman–Crippen MR) is 252 cm³/mol. The third-order valence-corrected chi connectivity index (χ3v) is 9.91. The summed E-state index contributed by atoms with van der Waals surface area (Å²) in [6.45, 7) is 6.38. The summed E-state index contributed by atoms with van der Waals surface area (Å²) in [4.78, 5) is 61.8. The van der Waals surface area contributed by atoms with Crippen molar-refractivity contribution in [3.63, 3.8) is 0 Å². The van der Waals surface area contributed by atoms with Crippen molar-refractivity contribution in [2.45, 2.75) is 25.7 Å². The number of aromatic hydroxyl groups is 1. The number of carbonyl (C=O) groups is 4. The van der Waals surface area contributed by atoms with Crippen LogP contribution in [0.15, 0.2) is 80.6 Å². The quantitative estimate of drug-likeness (QED) is 0.0282. The molecule has 0 saturated carbocycles. The molecule has 0 spiro atoms. The van der Waals surface area contributed by atoms with Crippen LogP contribution >= 0.6 is 0 Å². The van der Waals surface area contributed by atoms with E-state index in [0.29, 0.717) is 146 Å². The molecule has 4 amide bonds. The van der Waals surface area contributed by atoms with Crippen LogP contribution in [0.3, 0.4) is 0 Å². The molecule has 0 aliphatic heterocycles. The summed E-state index contributed by atoms with van der Waals surface area (Å²) in [5, 5.41) is 28.4. The number of carbonyl (C=O) groups excluding carboxylic acids is 4. The third kappa shape index (κ3) is 21.4. The number of hydrogen-bond donors (Lipinski definition) is 5. The number of aromatic nitrogens is 2. The average Bonchev–Trinajstić information content (AvgIpc) is 3.84. The Labute approximate surface area is 403 Å². The molecule has 0 aliphatic carbocycles. The molecule has 0 radical (unpaired) electrons. The van der Waals surface area contributed by atoms with Gasteiger partial charge >= 0.3 is 5.63 Å². The fourth-order valence-corrected chi connectivity index (χ4v) is 6.24. The highest BCUT2D eigenvalue weighted by atomic mass is 16.6. The zero-order valence-corrected chi connectivity index (χ0v) is 39.1. The van der Waals surface area contributed by atoms with Gasteiger partial charge in [0.1, 0.15) is 33.7 Å². The first-order chi connectivity index (χ1) is 34.2. The molecule has 0 unspecified atom stereocenters. The smallest absolute Gasteiger partial charge is 0.349 e. The van der Waals surface area contributed by atoms with Gasteiger partial charge in [0.05, 0.1) is 79.3 Å². The molecule has 0 saturated heterocycles. The van der Waals surface area contributed by atoms with Crippen LogP contribution in [-0.4, -0.2) is 164 Å². The summed E-state index contributed by atoms with van der Waals surface area (Å²) >= 11 is 0. The van der Waals surface area contributed by atoms with Crippen molar-refractivity contribution in [3.8, 4) is 11.5 Å². The van der Waals surface area contributed by atoms with Crippen molar-refractivity contribution in [1.29, 1.82) is 0 Å². The van der Waals surface area contributed by atoms with Crippen LogP contribution in [0.2, 0.25) is 0 Å². The first-order valence-corrected chi connectivity index (χ1v) is 23.1. The Morgan fingerprint density at radius 3 is 1.80 bits per heavy atom. The molecule has 2 aromatic heterocycles. The van der Waals surface area contributed by atoms with Crippen molar-refractivity contribution in [2.75, 3.05) is 125 Å². The summed E-state index contributed by atoms with van der Waals surface area (Å²) in [5.74, 6) is -0.727. The van der Waals surface area contributed by atoms with E-state index in [4.69, 9.17) is 42.3 Å². The highest BCUT2D eigenvalue weighted by molar-refractivity contribution is 5.97. The van der Waals surface area contributed by atoms with Crippen molar-refractivity contribution < 1.29 is 71.2 Å². The number of benzene rings is 3. The number of nitrogens with zero attached hydrogens (tertiary/aromatic N) is 2. The average molecular weight is 979 g/mol. The van der Waals surface area contributed by atoms with E-state index in [-0.39, 0.29) is 67.3 Å². The van der Waals surface area contributed by atoms with E-state index in [1.165, 1.54) is 12.1 Å². The van der Waals surface area contributed by atoms with E-state index in [0.717, 1.165) is 5.56 Å². The number of fused-ring (bicyclic) bond motifs is 2. The zero-order chi connectivity index (χ0) is 49.4. The number of amides is 4. The number of hydrogen-bond acceptors (Lipinski definition) is 18. The van der Waals surface area contributed by atoms with Crippen molar-refractivity contribution in [2.24, 2.45) is 0 Å². The van der Waals surface area contributed by atoms with Gasteiger partial charge in [0.25, 0.3) is 17.7 Å². The van der Waals surface area contributed by atoms with Gasteiger partial charge in [-0.2, -0.15) is 0 Å². The summed E-state index contributed by atoms with van der Waals surface area (Å²) in [6.07, 6.45) is 2.09. The SMILES string of the molecule is O=C(CCOCCOCCOCCOCCNC(=O)COc1ccc2cc(C(=O)NCCCOCCOCCOCCCNC(=O)c3ccc4nonc4c3)c(=O)oc2c1)NCCc1ccc(O)cc1. The van der Waals surface area contributed by atoms with E-state index in [1.807, 2.05) is 12.1 Å². The molecule has 70 heavy (non-hydrogen) atoms. The standard InChI is InChI=1S/C48H62N6O16/c55-38-7-3-35(4-8-38)11-15-49-44(56)12-19-63-23-27-66-29-30-67-28-24-64-20-16-50-45(57)34-68-39-9-5-36-31-40(48(60)69-43(36)33-39)47(59)52-14-2-18-62-22-26-65-25-21-61-17-1-13-51-46(58)37-6-10-41-42(32-37)54-70-53-41/h3-10,31-33,55H,1-2,11-30,34H2,(H,49,56)(H,50,57)(H,51,58)(H,52,59). The molecule has 0 bridgehead atoms. The Kier molecular flexibility index (Phi) is 25.1. The van der Waals surface area contributed by atoms with Gasteiger partial charge in [0, 0.05) is 62.8 Å². The van der Waals surface area contributed by atoms with E-state index in [2.05, 4.69) is 36.2 Å². The second-order valence-electron chi connectivity index (χ2n) is 15.3. The van der Waals surface area contributed by atoms with E-state index in [9.17, 15) is 29.1 Å². The maximum Gasteiger partial charge on any atom is 0.349 e. The van der Waals surface area contributed by atoms with Gasteiger partial charge in [-0.3, -0.25) is 19.2 Å². The van der Waals surface area contributed by atoms with Crippen LogP contribution in [0.5, 0.6) is 11.5 Å². The molecule has 380 valence electrons. The Hall–Kier alpha value is -6.53. The van der Waals surface area contributed by atoms with Crippen molar-refractivity contribution in [3.05, 3.63) is 93.8 Å². The van der Waals surface area contributed by atoms with Gasteiger partial charge in [-0.05, 0) is 83.7 Å². The van der Waals surface area contributed by atoms with Gasteiger partial charge in [-0.25, -0.2) is 9.42 Å². The lowest BCUT2D eigenvalue weighted by atomic mass is 10.1. The molecule has 0 aliphatic rings. The van der Waals surface area contributed by atoms with Crippen LogP contribution < -0.4 is 31.6 Å². The zero-order valence-electron chi connectivity index (χ0n) is 39.1. The lowest BCUT2D eigenvalue weighted by Crippen LogP contribution is -2.32. The molecule has 2 heterocycles. The molecule has 22 nitrogen and oxygen atoms in total. The Morgan fingerprint density at radius 2 is 1.13 bits per heavy atom. The molecular formula is C48H62N6O16. The molecule has 0 atom stereocenters. The van der Waals surface area contributed by atoms with Gasteiger partial charge in [0.15, 0.2) is 6.61 Å². The van der Waals surface area contributed by atoms with Crippen LogP contribution in [0.1, 0.15) is 45.5 Å². The summed E-state index contributed by atoms with van der Waals surface area (Å²) < 4.78 is 54.0. The Balaban J connectivity index is 0.777. The maximum absolute atomic E-state index is 12.7. The molecular weight excluding hydrogens is 917 g/mol. The highest BCUT2D eigenvalue weighted by Gasteiger charge is 2.15. The number of rotatable bonds is 37. The van der Waals surface area contributed by atoms with E-state index in [1.54, 1.807) is 42.5 Å². The van der Waals surface area contributed by atoms with Crippen LogP contribution in [-0.2, 0) is 49.2 Å². The fourth-order valence-electron chi connectivity index (χ4n) is 6.24. The number of ether oxygens (including phenoxy) is 8. The third-order valence-electron chi connectivity index (χ3n) is 9.91. The molecule has 5 rings (SSSR count). The molecule has 0 fully saturated rings.